The lowest BCUT2D eigenvalue weighted by atomic mass is 10.0. The standard InChI is InChI=1S/C21H16N2O2/c1-14-2-6-17(7-3-14)23-12-22-18-8-4-15(10-19(18)23)16-5-9-20-21(11-16)25-13-24-20/h2-12H,13H2,1H3. The van der Waals surface area contributed by atoms with Gasteiger partial charge in [0.05, 0.1) is 11.0 Å². The summed E-state index contributed by atoms with van der Waals surface area (Å²) in [5.74, 6) is 1.60. The molecule has 0 amide bonds. The lowest BCUT2D eigenvalue weighted by Crippen LogP contribution is -1.93. The zero-order valence-electron chi connectivity index (χ0n) is 13.8. The zero-order chi connectivity index (χ0) is 16.8. The Bertz CT molecular complexity index is 1080. The van der Waals surface area contributed by atoms with Crippen LogP contribution in [0, 0.1) is 6.92 Å². The highest BCUT2D eigenvalue weighted by Crippen LogP contribution is 2.36. The number of rotatable bonds is 2. The highest BCUT2D eigenvalue weighted by atomic mass is 16.7. The van der Waals surface area contributed by atoms with Crippen molar-refractivity contribution >= 4 is 11.0 Å². The largest absolute Gasteiger partial charge is 0.454 e. The predicted octanol–water partition coefficient (Wildman–Crippen LogP) is 4.73. The van der Waals surface area contributed by atoms with Gasteiger partial charge >= 0.3 is 0 Å². The fourth-order valence-corrected chi connectivity index (χ4v) is 3.17. The number of hydrogen-bond acceptors (Lipinski definition) is 3. The first-order chi connectivity index (χ1) is 12.3. The maximum atomic E-state index is 5.50. The van der Waals surface area contributed by atoms with Crippen LogP contribution in [0.2, 0.25) is 0 Å². The molecule has 0 saturated heterocycles. The quantitative estimate of drug-likeness (QED) is 0.534. The van der Waals surface area contributed by atoms with Gasteiger partial charge in [-0.3, -0.25) is 4.57 Å². The van der Waals surface area contributed by atoms with Gasteiger partial charge in [0.15, 0.2) is 11.5 Å². The van der Waals surface area contributed by atoms with E-state index < -0.39 is 0 Å². The number of nitrogens with zero attached hydrogens (tertiary/aromatic N) is 2. The van der Waals surface area contributed by atoms with Crippen LogP contribution in [0.25, 0.3) is 27.8 Å². The smallest absolute Gasteiger partial charge is 0.231 e. The maximum Gasteiger partial charge on any atom is 0.231 e. The molecule has 25 heavy (non-hydrogen) atoms. The molecule has 4 aromatic rings. The zero-order valence-corrected chi connectivity index (χ0v) is 13.8. The number of imidazole rings is 1. The number of ether oxygens (including phenoxy) is 2. The normalized spacial score (nSPS) is 12.7. The molecule has 2 heterocycles. The minimum atomic E-state index is 0.290. The maximum absolute atomic E-state index is 5.50. The van der Waals surface area contributed by atoms with Gasteiger partial charge in [0.1, 0.15) is 6.33 Å². The van der Waals surface area contributed by atoms with Crippen LogP contribution in [0.5, 0.6) is 11.5 Å². The van der Waals surface area contributed by atoms with Crippen LogP contribution in [0.1, 0.15) is 5.56 Å². The van der Waals surface area contributed by atoms with Crippen molar-refractivity contribution in [2.45, 2.75) is 6.92 Å². The van der Waals surface area contributed by atoms with E-state index in [1.807, 2.05) is 18.5 Å². The first-order valence-electron chi connectivity index (χ1n) is 8.22. The molecule has 1 aliphatic rings. The molecule has 0 saturated carbocycles. The van der Waals surface area contributed by atoms with Gasteiger partial charge in [0, 0.05) is 5.69 Å². The van der Waals surface area contributed by atoms with Gasteiger partial charge in [0.25, 0.3) is 0 Å². The van der Waals surface area contributed by atoms with E-state index in [1.54, 1.807) is 0 Å². The van der Waals surface area contributed by atoms with E-state index >= 15 is 0 Å². The summed E-state index contributed by atoms with van der Waals surface area (Å²) in [6.45, 7) is 2.38. The minimum Gasteiger partial charge on any atom is -0.454 e. The average Bonchev–Trinajstić information content (AvgIpc) is 3.28. The van der Waals surface area contributed by atoms with Crippen molar-refractivity contribution in [3.8, 4) is 28.3 Å². The summed E-state index contributed by atoms with van der Waals surface area (Å²) in [4.78, 5) is 4.53. The van der Waals surface area contributed by atoms with E-state index in [-0.39, 0.29) is 6.79 Å². The van der Waals surface area contributed by atoms with Gasteiger partial charge in [-0.15, -0.1) is 0 Å². The van der Waals surface area contributed by atoms with E-state index in [1.165, 1.54) is 5.56 Å². The number of aromatic nitrogens is 2. The highest BCUT2D eigenvalue weighted by Gasteiger charge is 2.14. The monoisotopic (exact) mass is 328 g/mol. The Balaban J connectivity index is 1.63. The lowest BCUT2D eigenvalue weighted by Gasteiger charge is -2.07. The van der Waals surface area contributed by atoms with E-state index in [2.05, 4.69) is 65.0 Å². The van der Waals surface area contributed by atoms with Gasteiger partial charge < -0.3 is 9.47 Å². The highest BCUT2D eigenvalue weighted by molar-refractivity contribution is 5.84. The molecule has 0 atom stereocenters. The van der Waals surface area contributed by atoms with Crippen molar-refractivity contribution in [3.63, 3.8) is 0 Å². The Morgan fingerprint density at radius 3 is 2.48 bits per heavy atom. The molecule has 0 radical (unpaired) electrons. The third kappa shape index (κ3) is 2.34. The topological polar surface area (TPSA) is 36.3 Å². The van der Waals surface area contributed by atoms with Crippen molar-refractivity contribution in [2.75, 3.05) is 6.79 Å². The van der Waals surface area contributed by atoms with Gasteiger partial charge in [0.2, 0.25) is 6.79 Å². The molecule has 0 fully saturated rings. The first-order valence-corrected chi connectivity index (χ1v) is 8.22. The van der Waals surface area contributed by atoms with Crippen LogP contribution in [-0.2, 0) is 0 Å². The SMILES string of the molecule is Cc1ccc(-n2cnc3ccc(-c4ccc5c(c4)OCO5)cc32)cc1. The van der Waals surface area contributed by atoms with Crippen LogP contribution in [0.4, 0.5) is 0 Å². The second kappa shape index (κ2) is 5.38. The molecule has 4 heteroatoms. The third-order valence-corrected chi connectivity index (χ3v) is 4.57. The van der Waals surface area contributed by atoms with Gasteiger partial charge in [-0.05, 0) is 54.4 Å². The Labute approximate surface area is 145 Å². The van der Waals surface area contributed by atoms with Gasteiger partial charge in [-0.1, -0.05) is 29.8 Å². The van der Waals surface area contributed by atoms with E-state index in [9.17, 15) is 0 Å². The van der Waals surface area contributed by atoms with Crippen LogP contribution in [-0.4, -0.2) is 16.3 Å². The second-order valence-corrected chi connectivity index (χ2v) is 6.22. The molecular weight excluding hydrogens is 312 g/mol. The van der Waals surface area contributed by atoms with Crippen molar-refractivity contribution in [2.24, 2.45) is 0 Å². The summed E-state index contributed by atoms with van der Waals surface area (Å²) in [7, 11) is 0. The fraction of sp³-hybridized carbons (Fsp3) is 0.0952. The van der Waals surface area contributed by atoms with Crippen LogP contribution in [0.3, 0.4) is 0 Å². The third-order valence-electron chi connectivity index (χ3n) is 4.57. The predicted molar refractivity (Wildman–Crippen MR) is 97.4 cm³/mol. The molecular formula is C21H16N2O2. The lowest BCUT2D eigenvalue weighted by molar-refractivity contribution is 0.174. The van der Waals surface area contributed by atoms with E-state index in [4.69, 9.17) is 9.47 Å². The Morgan fingerprint density at radius 2 is 1.60 bits per heavy atom. The Hall–Kier alpha value is -3.27. The molecule has 4 nitrogen and oxygen atoms in total. The number of benzene rings is 3. The van der Waals surface area contributed by atoms with E-state index in [0.717, 1.165) is 39.3 Å². The van der Waals surface area contributed by atoms with Crippen LogP contribution in [0.15, 0.2) is 67.0 Å². The summed E-state index contributed by atoms with van der Waals surface area (Å²) >= 11 is 0. The number of aryl methyl sites for hydroxylation is 1. The summed E-state index contributed by atoms with van der Waals surface area (Å²) in [6.07, 6.45) is 1.87. The molecule has 0 bridgehead atoms. The molecule has 0 spiro atoms. The molecule has 0 aliphatic carbocycles. The van der Waals surface area contributed by atoms with Gasteiger partial charge in [-0.25, -0.2) is 4.98 Å². The van der Waals surface area contributed by atoms with Gasteiger partial charge in [-0.2, -0.15) is 0 Å². The number of hydrogen-bond donors (Lipinski definition) is 0. The second-order valence-electron chi connectivity index (χ2n) is 6.22. The Morgan fingerprint density at radius 1 is 0.840 bits per heavy atom. The van der Waals surface area contributed by atoms with Crippen LogP contribution >= 0.6 is 0 Å². The minimum absolute atomic E-state index is 0.290. The van der Waals surface area contributed by atoms with Crippen LogP contribution < -0.4 is 9.47 Å². The molecule has 5 rings (SSSR count). The fourth-order valence-electron chi connectivity index (χ4n) is 3.17. The molecule has 1 aromatic heterocycles. The summed E-state index contributed by atoms with van der Waals surface area (Å²) in [5, 5.41) is 0. The van der Waals surface area contributed by atoms with Crippen molar-refractivity contribution < 1.29 is 9.47 Å². The Kier molecular flexibility index (Phi) is 3.04. The summed E-state index contributed by atoms with van der Waals surface area (Å²) in [6, 6.07) is 20.8. The number of fused-ring (bicyclic) bond motifs is 2. The van der Waals surface area contributed by atoms with Crippen molar-refractivity contribution in [1.29, 1.82) is 0 Å². The van der Waals surface area contributed by atoms with Crippen molar-refractivity contribution in [1.82, 2.24) is 9.55 Å². The molecule has 3 aromatic carbocycles. The van der Waals surface area contributed by atoms with E-state index in [0.29, 0.717) is 0 Å². The molecule has 1 aliphatic heterocycles. The van der Waals surface area contributed by atoms with Crippen molar-refractivity contribution in [3.05, 3.63) is 72.6 Å². The molecule has 122 valence electrons. The summed E-state index contributed by atoms with van der Waals surface area (Å²) < 4.78 is 13.0. The first kappa shape index (κ1) is 14.1. The summed E-state index contributed by atoms with van der Waals surface area (Å²) in [5.41, 5.74) is 6.64. The average molecular weight is 328 g/mol. The molecule has 0 N–H and O–H groups in total. The molecule has 0 unspecified atom stereocenters.